The second-order valence-electron chi connectivity index (χ2n) is 7.03. The summed E-state index contributed by atoms with van der Waals surface area (Å²) in [5.74, 6) is 0.715. The van der Waals surface area contributed by atoms with E-state index in [-0.39, 0.29) is 5.63 Å². The van der Waals surface area contributed by atoms with E-state index in [1.165, 1.54) is 27.8 Å². The maximum absolute atomic E-state index is 11.8. The average molecular weight is 350 g/mol. The molecule has 0 fully saturated rings. The van der Waals surface area contributed by atoms with Gasteiger partial charge in [0.15, 0.2) is 0 Å². The van der Waals surface area contributed by atoms with Crippen molar-refractivity contribution in [2.24, 2.45) is 0 Å². The molecule has 3 aromatic rings. The second kappa shape index (κ2) is 7.36. The van der Waals surface area contributed by atoms with Crippen LogP contribution in [0.4, 0.5) is 0 Å². The fourth-order valence-electron chi connectivity index (χ4n) is 3.45. The average Bonchev–Trinajstić information content (AvgIpc) is 2.60. The topological polar surface area (TPSA) is 39.4 Å². The van der Waals surface area contributed by atoms with Crippen LogP contribution in [-0.4, -0.2) is 0 Å². The Hall–Kier alpha value is -2.55. The highest BCUT2D eigenvalue weighted by molar-refractivity contribution is 5.81. The van der Waals surface area contributed by atoms with Gasteiger partial charge in [-0.15, -0.1) is 0 Å². The summed E-state index contributed by atoms with van der Waals surface area (Å²) < 4.78 is 11.4. The fraction of sp³-hybridized carbons (Fsp3) is 0.348. The van der Waals surface area contributed by atoms with Gasteiger partial charge in [-0.3, -0.25) is 0 Å². The summed E-state index contributed by atoms with van der Waals surface area (Å²) in [5, 5.41) is 0.984. The standard InChI is InChI=1S/C23H26O3/c1-6-7-18-11-23(24)26-22-12-19(8-9-20(18)22)25-13-21-16(4)14(2)10-15(3)17(21)5/h8-12H,6-7,13H2,1-5H3. The Morgan fingerprint density at radius 2 is 1.65 bits per heavy atom. The van der Waals surface area contributed by atoms with Crippen LogP contribution in [0.1, 0.15) is 46.7 Å². The molecule has 0 radical (unpaired) electrons. The van der Waals surface area contributed by atoms with Crippen molar-refractivity contribution >= 4 is 11.0 Å². The molecule has 0 saturated carbocycles. The van der Waals surface area contributed by atoms with Gasteiger partial charge in [0.05, 0.1) is 0 Å². The third-order valence-electron chi connectivity index (χ3n) is 5.23. The first-order valence-corrected chi connectivity index (χ1v) is 9.16. The van der Waals surface area contributed by atoms with E-state index in [1.807, 2.05) is 18.2 Å². The highest BCUT2D eigenvalue weighted by Crippen LogP contribution is 2.26. The van der Waals surface area contributed by atoms with E-state index in [0.29, 0.717) is 17.9 Å². The van der Waals surface area contributed by atoms with Crippen molar-refractivity contribution in [2.45, 2.75) is 54.1 Å². The molecule has 26 heavy (non-hydrogen) atoms. The molecule has 2 aromatic carbocycles. The van der Waals surface area contributed by atoms with Crippen molar-refractivity contribution in [2.75, 3.05) is 0 Å². The van der Waals surface area contributed by atoms with E-state index in [9.17, 15) is 4.79 Å². The molecule has 0 amide bonds. The van der Waals surface area contributed by atoms with Crippen molar-refractivity contribution in [1.29, 1.82) is 0 Å². The van der Waals surface area contributed by atoms with E-state index >= 15 is 0 Å². The molecule has 3 heteroatoms. The Morgan fingerprint density at radius 1 is 0.962 bits per heavy atom. The van der Waals surface area contributed by atoms with Crippen LogP contribution in [0.2, 0.25) is 0 Å². The zero-order chi connectivity index (χ0) is 18.8. The molecule has 0 aliphatic heterocycles. The summed E-state index contributed by atoms with van der Waals surface area (Å²) in [4.78, 5) is 11.8. The number of ether oxygens (including phenoxy) is 1. The van der Waals surface area contributed by atoms with Crippen molar-refractivity contribution < 1.29 is 9.15 Å². The SMILES string of the molecule is CCCc1cc(=O)oc2cc(OCc3c(C)c(C)cc(C)c3C)ccc12. The van der Waals surface area contributed by atoms with Gasteiger partial charge in [0, 0.05) is 17.5 Å². The molecule has 3 nitrogen and oxygen atoms in total. The predicted octanol–water partition coefficient (Wildman–Crippen LogP) is 5.56. The lowest BCUT2D eigenvalue weighted by Gasteiger charge is -2.16. The van der Waals surface area contributed by atoms with Crippen LogP contribution in [0.25, 0.3) is 11.0 Å². The fourth-order valence-corrected chi connectivity index (χ4v) is 3.45. The number of fused-ring (bicyclic) bond motifs is 1. The number of hydrogen-bond acceptors (Lipinski definition) is 3. The molecule has 1 aromatic heterocycles. The van der Waals surface area contributed by atoms with Crippen LogP contribution >= 0.6 is 0 Å². The lowest BCUT2D eigenvalue weighted by atomic mass is 9.95. The van der Waals surface area contributed by atoms with E-state index in [1.54, 1.807) is 6.07 Å². The number of aryl methyl sites for hydroxylation is 3. The Kier molecular flexibility index (Phi) is 5.17. The van der Waals surface area contributed by atoms with E-state index in [0.717, 1.165) is 23.8 Å². The van der Waals surface area contributed by atoms with Crippen molar-refractivity contribution in [3.05, 3.63) is 74.1 Å². The molecule has 0 saturated heterocycles. The van der Waals surface area contributed by atoms with Crippen LogP contribution in [0.5, 0.6) is 5.75 Å². The van der Waals surface area contributed by atoms with Gasteiger partial charge in [0.25, 0.3) is 0 Å². The van der Waals surface area contributed by atoms with Crippen LogP contribution in [0.15, 0.2) is 39.5 Å². The maximum Gasteiger partial charge on any atom is 0.336 e. The summed E-state index contributed by atoms with van der Waals surface area (Å²) in [5.41, 5.74) is 7.64. The third kappa shape index (κ3) is 3.52. The van der Waals surface area contributed by atoms with Gasteiger partial charge in [-0.25, -0.2) is 4.79 Å². The van der Waals surface area contributed by atoms with Gasteiger partial charge in [-0.1, -0.05) is 19.4 Å². The molecule has 1 heterocycles. The number of hydrogen-bond donors (Lipinski definition) is 0. The Morgan fingerprint density at radius 3 is 2.31 bits per heavy atom. The summed E-state index contributed by atoms with van der Waals surface area (Å²) in [6.45, 7) is 11.1. The number of rotatable bonds is 5. The van der Waals surface area contributed by atoms with Gasteiger partial charge in [0.1, 0.15) is 17.9 Å². The summed E-state index contributed by atoms with van der Waals surface area (Å²) >= 11 is 0. The Balaban J connectivity index is 1.92. The summed E-state index contributed by atoms with van der Waals surface area (Å²) in [6, 6.07) is 9.57. The molecule has 0 bridgehead atoms. The minimum absolute atomic E-state index is 0.306. The summed E-state index contributed by atoms with van der Waals surface area (Å²) in [7, 11) is 0. The molecule has 0 N–H and O–H groups in total. The van der Waals surface area contributed by atoms with Gasteiger partial charge < -0.3 is 9.15 Å². The van der Waals surface area contributed by atoms with Crippen LogP contribution in [0.3, 0.4) is 0 Å². The van der Waals surface area contributed by atoms with Gasteiger partial charge in [-0.2, -0.15) is 0 Å². The van der Waals surface area contributed by atoms with E-state index < -0.39 is 0 Å². The smallest absolute Gasteiger partial charge is 0.336 e. The highest BCUT2D eigenvalue weighted by Gasteiger charge is 2.11. The zero-order valence-electron chi connectivity index (χ0n) is 16.2. The van der Waals surface area contributed by atoms with Gasteiger partial charge in [-0.05, 0) is 79.6 Å². The van der Waals surface area contributed by atoms with Crippen LogP contribution in [0, 0.1) is 27.7 Å². The maximum atomic E-state index is 11.8. The molecule has 136 valence electrons. The van der Waals surface area contributed by atoms with Gasteiger partial charge >= 0.3 is 5.63 Å². The summed E-state index contributed by atoms with van der Waals surface area (Å²) in [6.07, 6.45) is 1.85. The Bertz CT molecular complexity index is 986. The van der Waals surface area contributed by atoms with Crippen molar-refractivity contribution in [3.63, 3.8) is 0 Å². The molecule has 0 unspecified atom stereocenters. The molecule has 0 aliphatic carbocycles. The molecule has 0 spiro atoms. The first-order chi connectivity index (χ1) is 12.4. The normalized spacial score (nSPS) is 11.1. The van der Waals surface area contributed by atoms with Crippen molar-refractivity contribution in [1.82, 2.24) is 0 Å². The zero-order valence-corrected chi connectivity index (χ0v) is 16.2. The largest absolute Gasteiger partial charge is 0.489 e. The lowest BCUT2D eigenvalue weighted by molar-refractivity contribution is 0.304. The van der Waals surface area contributed by atoms with Crippen molar-refractivity contribution in [3.8, 4) is 5.75 Å². The van der Waals surface area contributed by atoms with Crippen LogP contribution in [-0.2, 0) is 13.0 Å². The monoisotopic (exact) mass is 350 g/mol. The molecule has 3 rings (SSSR count). The minimum atomic E-state index is -0.306. The second-order valence-corrected chi connectivity index (χ2v) is 7.03. The van der Waals surface area contributed by atoms with E-state index in [2.05, 4.69) is 40.7 Å². The third-order valence-corrected chi connectivity index (χ3v) is 5.23. The number of benzene rings is 2. The molecular weight excluding hydrogens is 324 g/mol. The minimum Gasteiger partial charge on any atom is -0.489 e. The lowest BCUT2D eigenvalue weighted by Crippen LogP contribution is -2.04. The van der Waals surface area contributed by atoms with Crippen LogP contribution < -0.4 is 10.4 Å². The first-order valence-electron chi connectivity index (χ1n) is 9.16. The molecule has 0 aliphatic rings. The predicted molar refractivity (Wildman–Crippen MR) is 106 cm³/mol. The highest BCUT2D eigenvalue weighted by atomic mass is 16.5. The Labute approximate surface area is 154 Å². The first kappa shape index (κ1) is 18.2. The molecule has 0 atom stereocenters. The quantitative estimate of drug-likeness (QED) is 0.566. The van der Waals surface area contributed by atoms with Gasteiger partial charge in [0.2, 0.25) is 0 Å². The van der Waals surface area contributed by atoms with E-state index in [4.69, 9.17) is 9.15 Å². The molecular formula is C23H26O3.